The Bertz CT molecular complexity index is 1560. The molecule has 7 heteroatoms. The fraction of sp³-hybridized carbons (Fsp3) is 0.323. The van der Waals surface area contributed by atoms with Crippen molar-refractivity contribution in [3.8, 4) is 0 Å². The molecule has 0 amide bonds. The van der Waals surface area contributed by atoms with Crippen molar-refractivity contribution in [3.63, 3.8) is 0 Å². The molecule has 2 aromatic carbocycles. The molecule has 7 rings (SSSR count). The molecular formula is C31H34N6S. The number of hydrogen-bond acceptors (Lipinski definition) is 4. The van der Waals surface area contributed by atoms with E-state index in [1.54, 1.807) is 11.3 Å². The maximum Gasteiger partial charge on any atom is 0.148 e. The van der Waals surface area contributed by atoms with Gasteiger partial charge in [0.2, 0.25) is 0 Å². The number of piperidine rings is 2. The maximum absolute atomic E-state index is 5.17. The average Bonchev–Trinajstić information content (AvgIpc) is 3.73. The molecule has 0 spiro atoms. The SMILES string of the molecule is c1csc(C(=Nc2ccc3[nH]cc(C4CCNCC4)c3c2)Nc2ccc3[nH]cc(C4CCNCC4)c3c2)c1. The lowest BCUT2D eigenvalue weighted by Gasteiger charge is -2.22. The van der Waals surface area contributed by atoms with E-state index in [-0.39, 0.29) is 0 Å². The van der Waals surface area contributed by atoms with Crippen LogP contribution in [-0.4, -0.2) is 42.0 Å². The number of nitrogens with zero attached hydrogens (tertiary/aromatic N) is 1. The Hall–Kier alpha value is -3.39. The first-order valence-corrected chi connectivity index (χ1v) is 14.7. The Morgan fingerprint density at radius 3 is 2.03 bits per heavy atom. The van der Waals surface area contributed by atoms with Gasteiger partial charge in [0.25, 0.3) is 0 Å². The largest absolute Gasteiger partial charge is 0.361 e. The van der Waals surface area contributed by atoms with E-state index in [2.05, 4.69) is 92.2 Å². The highest BCUT2D eigenvalue weighted by molar-refractivity contribution is 7.12. The number of benzene rings is 2. The normalized spacial score (nSPS) is 17.9. The number of H-pyrrole nitrogens is 2. The predicted octanol–water partition coefficient (Wildman–Crippen LogP) is 6.84. The molecule has 38 heavy (non-hydrogen) atoms. The van der Waals surface area contributed by atoms with Gasteiger partial charge < -0.3 is 25.9 Å². The molecule has 2 aliphatic heterocycles. The van der Waals surface area contributed by atoms with Crippen molar-refractivity contribution < 1.29 is 0 Å². The Balaban J connectivity index is 1.23. The summed E-state index contributed by atoms with van der Waals surface area (Å²) in [6.45, 7) is 4.36. The Morgan fingerprint density at radius 2 is 1.39 bits per heavy atom. The molecule has 5 heterocycles. The van der Waals surface area contributed by atoms with Crippen molar-refractivity contribution in [2.75, 3.05) is 31.5 Å². The summed E-state index contributed by atoms with van der Waals surface area (Å²) in [5, 5.41) is 15.4. The molecule has 0 radical (unpaired) electrons. The van der Waals surface area contributed by atoms with Crippen molar-refractivity contribution in [2.45, 2.75) is 37.5 Å². The number of aromatic nitrogens is 2. The van der Waals surface area contributed by atoms with Gasteiger partial charge in [0.05, 0.1) is 10.6 Å². The molecule has 0 atom stereocenters. The number of hydrogen-bond donors (Lipinski definition) is 5. The Morgan fingerprint density at radius 1 is 0.763 bits per heavy atom. The minimum Gasteiger partial charge on any atom is -0.361 e. The number of thiophene rings is 1. The summed E-state index contributed by atoms with van der Waals surface area (Å²) in [7, 11) is 0. The van der Waals surface area contributed by atoms with E-state index in [0.29, 0.717) is 11.8 Å². The first-order valence-electron chi connectivity index (χ1n) is 13.8. The number of fused-ring (bicyclic) bond motifs is 2. The molecule has 0 saturated carbocycles. The lowest BCUT2D eigenvalue weighted by Crippen LogP contribution is -2.26. The van der Waals surface area contributed by atoms with Crippen LogP contribution < -0.4 is 16.0 Å². The highest BCUT2D eigenvalue weighted by Gasteiger charge is 2.20. The third-order valence-corrected chi connectivity index (χ3v) is 9.10. The van der Waals surface area contributed by atoms with Crippen LogP contribution in [-0.2, 0) is 0 Å². The Kier molecular flexibility index (Phi) is 6.49. The van der Waals surface area contributed by atoms with Crippen LogP contribution in [0.25, 0.3) is 21.8 Å². The number of rotatable bonds is 5. The predicted molar refractivity (Wildman–Crippen MR) is 160 cm³/mol. The number of amidine groups is 1. The second kappa shape index (κ2) is 10.4. The zero-order chi connectivity index (χ0) is 25.3. The number of aliphatic imine (C=N–C) groups is 1. The molecule has 6 nitrogen and oxygen atoms in total. The fourth-order valence-corrected chi connectivity index (χ4v) is 6.85. The third kappa shape index (κ3) is 4.66. The maximum atomic E-state index is 5.17. The van der Waals surface area contributed by atoms with Gasteiger partial charge in [-0.05, 0) is 123 Å². The lowest BCUT2D eigenvalue weighted by molar-refractivity contribution is 0.462. The molecule has 0 aliphatic carbocycles. The summed E-state index contributed by atoms with van der Waals surface area (Å²) in [4.78, 5) is 13.3. The topological polar surface area (TPSA) is 80.0 Å². The molecule has 2 aliphatic rings. The highest BCUT2D eigenvalue weighted by atomic mass is 32.1. The van der Waals surface area contributed by atoms with Crippen LogP contribution in [0.15, 0.2) is 71.3 Å². The average molecular weight is 523 g/mol. The van der Waals surface area contributed by atoms with E-state index in [1.165, 1.54) is 58.6 Å². The van der Waals surface area contributed by atoms with Gasteiger partial charge in [-0.2, -0.15) is 0 Å². The molecule has 194 valence electrons. The molecule has 0 unspecified atom stereocenters. The first-order chi connectivity index (χ1) is 18.8. The molecule has 2 saturated heterocycles. The van der Waals surface area contributed by atoms with Crippen molar-refractivity contribution in [1.82, 2.24) is 20.6 Å². The van der Waals surface area contributed by atoms with Gasteiger partial charge in [-0.15, -0.1) is 11.3 Å². The molecule has 5 N–H and O–H groups in total. The molecule has 3 aromatic heterocycles. The number of nitrogens with one attached hydrogen (secondary N) is 5. The van der Waals surface area contributed by atoms with Crippen molar-refractivity contribution in [3.05, 3.63) is 82.3 Å². The second-order valence-electron chi connectivity index (χ2n) is 10.6. The molecule has 0 bridgehead atoms. The Labute approximate surface area is 227 Å². The highest BCUT2D eigenvalue weighted by Crippen LogP contribution is 2.35. The summed E-state index contributed by atoms with van der Waals surface area (Å²) in [5.74, 6) is 2.09. The van der Waals surface area contributed by atoms with Gasteiger partial charge in [0, 0.05) is 39.9 Å². The van der Waals surface area contributed by atoms with Crippen molar-refractivity contribution in [1.29, 1.82) is 0 Å². The van der Waals surface area contributed by atoms with Gasteiger partial charge in [-0.1, -0.05) is 6.07 Å². The lowest BCUT2D eigenvalue weighted by atomic mass is 9.90. The van der Waals surface area contributed by atoms with E-state index >= 15 is 0 Å². The molecule has 5 aromatic rings. The second-order valence-corrected chi connectivity index (χ2v) is 11.5. The quantitative estimate of drug-likeness (QED) is 0.130. The third-order valence-electron chi connectivity index (χ3n) is 8.23. The minimum absolute atomic E-state index is 0.598. The van der Waals surface area contributed by atoms with E-state index in [1.807, 2.05) is 0 Å². The number of aromatic amines is 2. The van der Waals surface area contributed by atoms with E-state index < -0.39 is 0 Å². The van der Waals surface area contributed by atoms with Crippen LogP contribution in [0.5, 0.6) is 0 Å². The molecule has 2 fully saturated rings. The first kappa shape index (κ1) is 23.7. The van der Waals surface area contributed by atoms with Gasteiger partial charge in [0.1, 0.15) is 5.84 Å². The van der Waals surface area contributed by atoms with Crippen molar-refractivity contribution >= 4 is 50.4 Å². The fourth-order valence-electron chi connectivity index (χ4n) is 6.18. The standard InChI is InChI=1S/C31H34N6S/c1-2-30(38-15-1)31(36-22-3-5-28-24(16-22)26(18-34-28)20-7-11-32-12-8-20)37-23-4-6-29-25(17-23)27(19-35-29)21-9-13-33-14-10-21/h1-6,15-21,32-35H,7-14H2,(H,36,37). The minimum atomic E-state index is 0.598. The van der Waals surface area contributed by atoms with E-state index in [4.69, 9.17) is 4.99 Å². The summed E-state index contributed by atoms with van der Waals surface area (Å²) in [5.41, 5.74) is 7.28. The van der Waals surface area contributed by atoms with Gasteiger partial charge >= 0.3 is 0 Å². The van der Waals surface area contributed by atoms with Crippen LogP contribution in [0.4, 0.5) is 11.4 Å². The zero-order valence-corrected chi connectivity index (χ0v) is 22.3. The van der Waals surface area contributed by atoms with Crippen LogP contribution >= 0.6 is 11.3 Å². The van der Waals surface area contributed by atoms with Crippen LogP contribution in [0.2, 0.25) is 0 Å². The van der Waals surface area contributed by atoms with Gasteiger partial charge in [-0.3, -0.25) is 0 Å². The molecular weight excluding hydrogens is 488 g/mol. The smallest absolute Gasteiger partial charge is 0.148 e. The van der Waals surface area contributed by atoms with E-state index in [0.717, 1.165) is 48.3 Å². The summed E-state index contributed by atoms with van der Waals surface area (Å²) < 4.78 is 0. The summed E-state index contributed by atoms with van der Waals surface area (Å²) in [6.07, 6.45) is 9.16. The van der Waals surface area contributed by atoms with Gasteiger partial charge in [0.15, 0.2) is 0 Å². The summed E-state index contributed by atoms with van der Waals surface area (Å²) in [6, 6.07) is 17.4. The van der Waals surface area contributed by atoms with Crippen LogP contribution in [0, 0.1) is 0 Å². The van der Waals surface area contributed by atoms with Crippen LogP contribution in [0.3, 0.4) is 0 Å². The summed E-state index contributed by atoms with van der Waals surface area (Å²) >= 11 is 1.71. The van der Waals surface area contributed by atoms with Crippen molar-refractivity contribution in [2.24, 2.45) is 4.99 Å². The van der Waals surface area contributed by atoms with Crippen LogP contribution in [0.1, 0.15) is 53.5 Å². The zero-order valence-electron chi connectivity index (χ0n) is 21.5. The monoisotopic (exact) mass is 522 g/mol. The van der Waals surface area contributed by atoms with E-state index in [9.17, 15) is 0 Å². The van der Waals surface area contributed by atoms with Gasteiger partial charge in [-0.25, -0.2) is 4.99 Å². The number of anilines is 1.